The summed E-state index contributed by atoms with van der Waals surface area (Å²) in [6, 6.07) is 7.89. The summed E-state index contributed by atoms with van der Waals surface area (Å²) in [6.45, 7) is 9.94. The summed E-state index contributed by atoms with van der Waals surface area (Å²) >= 11 is 0. The average Bonchev–Trinajstić information content (AvgIpc) is 2.59. The zero-order valence-corrected chi connectivity index (χ0v) is 14.7. The van der Waals surface area contributed by atoms with E-state index in [1.165, 1.54) is 0 Å². The maximum Gasteiger partial charge on any atom is 0.263 e. The second kappa shape index (κ2) is 8.92. The fraction of sp³-hybridized carbons (Fsp3) is 0.632. The largest absolute Gasteiger partial charge is 0.480 e. The molecule has 0 aliphatic carbocycles. The minimum atomic E-state index is -0.374. The molecule has 0 aromatic heterocycles. The number of amides is 1. The van der Waals surface area contributed by atoms with Gasteiger partial charge in [0.1, 0.15) is 5.75 Å². The van der Waals surface area contributed by atoms with Gasteiger partial charge in [0.15, 0.2) is 6.10 Å². The Morgan fingerprint density at radius 1 is 1.30 bits per heavy atom. The van der Waals surface area contributed by atoms with Gasteiger partial charge in [0.05, 0.1) is 0 Å². The smallest absolute Gasteiger partial charge is 0.263 e. The van der Waals surface area contributed by atoms with Crippen molar-refractivity contribution in [1.82, 2.24) is 10.2 Å². The summed E-state index contributed by atoms with van der Waals surface area (Å²) < 4.78 is 6.00. The molecule has 1 N–H and O–H groups in total. The van der Waals surface area contributed by atoms with Gasteiger partial charge in [0, 0.05) is 13.1 Å². The summed E-state index contributed by atoms with van der Waals surface area (Å²) in [5.74, 6) is 1.64. The molecule has 23 heavy (non-hydrogen) atoms. The van der Waals surface area contributed by atoms with Gasteiger partial charge >= 0.3 is 0 Å². The van der Waals surface area contributed by atoms with E-state index >= 15 is 0 Å². The monoisotopic (exact) mass is 318 g/mol. The van der Waals surface area contributed by atoms with Crippen LogP contribution < -0.4 is 10.1 Å². The summed E-state index contributed by atoms with van der Waals surface area (Å²) in [5.41, 5.74) is 1.07. The first-order valence-corrected chi connectivity index (χ1v) is 8.87. The first-order valence-electron chi connectivity index (χ1n) is 8.87. The Balaban J connectivity index is 1.89. The highest BCUT2D eigenvalue weighted by atomic mass is 16.5. The summed E-state index contributed by atoms with van der Waals surface area (Å²) in [7, 11) is 0. The van der Waals surface area contributed by atoms with Crippen molar-refractivity contribution >= 4 is 5.91 Å². The molecule has 0 saturated carbocycles. The number of carbonyl (C=O) groups excluding carboxylic acids is 1. The Hall–Kier alpha value is -1.55. The van der Waals surface area contributed by atoms with E-state index in [4.69, 9.17) is 4.74 Å². The maximum absolute atomic E-state index is 12.8. The quantitative estimate of drug-likeness (QED) is 0.840. The van der Waals surface area contributed by atoms with E-state index in [2.05, 4.69) is 12.2 Å². The fourth-order valence-electron chi connectivity index (χ4n) is 3.06. The lowest BCUT2D eigenvalue weighted by Gasteiger charge is -2.34. The van der Waals surface area contributed by atoms with E-state index in [0.29, 0.717) is 12.3 Å². The van der Waals surface area contributed by atoms with Gasteiger partial charge in [-0.15, -0.1) is 0 Å². The molecule has 0 radical (unpaired) electrons. The van der Waals surface area contributed by atoms with Crippen LogP contribution in [0.3, 0.4) is 0 Å². The topological polar surface area (TPSA) is 41.6 Å². The van der Waals surface area contributed by atoms with E-state index in [1.807, 2.05) is 43.0 Å². The van der Waals surface area contributed by atoms with Crippen LogP contribution in [0.4, 0.5) is 0 Å². The minimum absolute atomic E-state index is 0.137. The number of para-hydroxylation sites is 1. The summed E-state index contributed by atoms with van der Waals surface area (Å²) in [6.07, 6.45) is 2.49. The van der Waals surface area contributed by atoms with Gasteiger partial charge in [-0.25, -0.2) is 0 Å². The first kappa shape index (κ1) is 17.8. The molecule has 0 bridgehead atoms. The number of ether oxygens (including phenoxy) is 1. The van der Waals surface area contributed by atoms with Crippen molar-refractivity contribution in [3.63, 3.8) is 0 Å². The molecule has 4 heteroatoms. The fourth-order valence-corrected chi connectivity index (χ4v) is 3.06. The number of hydrogen-bond acceptors (Lipinski definition) is 3. The van der Waals surface area contributed by atoms with E-state index in [9.17, 15) is 4.79 Å². The van der Waals surface area contributed by atoms with E-state index in [-0.39, 0.29) is 12.0 Å². The Morgan fingerprint density at radius 2 is 2.00 bits per heavy atom. The Morgan fingerprint density at radius 3 is 2.61 bits per heavy atom. The van der Waals surface area contributed by atoms with Crippen LogP contribution in [0.25, 0.3) is 0 Å². The van der Waals surface area contributed by atoms with Crippen LogP contribution in [0.1, 0.15) is 38.7 Å². The highest BCUT2D eigenvalue weighted by molar-refractivity contribution is 5.81. The van der Waals surface area contributed by atoms with Crippen molar-refractivity contribution in [2.75, 3.05) is 26.2 Å². The number of nitrogens with zero attached hydrogens (tertiary/aromatic N) is 1. The lowest BCUT2D eigenvalue weighted by molar-refractivity contribution is -0.140. The van der Waals surface area contributed by atoms with Crippen molar-refractivity contribution < 1.29 is 9.53 Å². The molecular weight excluding hydrogens is 288 g/mol. The highest BCUT2D eigenvalue weighted by Crippen LogP contribution is 2.22. The van der Waals surface area contributed by atoms with Gasteiger partial charge in [-0.1, -0.05) is 32.0 Å². The average molecular weight is 318 g/mol. The molecule has 4 nitrogen and oxygen atoms in total. The molecule has 1 aliphatic rings. The number of nitrogens with one attached hydrogen (secondary N) is 1. The van der Waals surface area contributed by atoms with Crippen molar-refractivity contribution in [2.24, 2.45) is 5.92 Å². The zero-order chi connectivity index (χ0) is 16.7. The molecule has 1 atom stereocenters. The molecule has 1 fully saturated rings. The van der Waals surface area contributed by atoms with Crippen LogP contribution in [0.5, 0.6) is 5.75 Å². The van der Waals surface area contributed by atoms with Crippen molar-refractivity contribution in [1.29, 1.82) is 0 Å². The summed E-state index contributed by atoms with van der Waals surface area (Å²) in [4.78, 5) is 14.7. The summed E-state index contributed by atoms with van der Waals surface area (Å²) in [5, 5.41) is 3.41. The Kier molecular flexibility index (Phi) is 6.90. The molecule has 2 rings (SSSR count). The van der Waals surface area contributed by atoms with E-state index in [1.54, 1.807) is 0 Å². The van der Waals surface area contributed by atoms with Crippen LogP contribution >= 0.6 is 0 Å². The third-order valence-corrected chi connectivity index (χ3v) is 4.62. The molecule has 1 saturated heterocycles. The van der Waals surface area contributed by atoms with Crippen LogP contribution in [-0.4, -0.2) is 43.1 Å². The molecule has 1 aliphatic heterocycles. The molecule has 128 valence electrons. The third-order valence-electron chi connectivity index (χ3n) is 4.62. The Labute approximate surface area is 140 Å². The lowest BCUT2D eigenvalue weighted by atomic mass is 9.96. The predicted molar refractivity (Wildman–Crippen MR) is 93.7 cm³/mol. The van der Waals surface area contributed by atoms with E-state index in [0.717, 1.165) is 50.3 Å². The number of piperidine rings is 1. The van der Waals surface area contributed by atoms with Gasteiger partial charge in [-0.2, -0.15) is 0 Å². The van der Waals surface area contributed by atoms with Crippen LogP contribution in [0, 0.1) is 12.8 Å². The van der Waals surface area contributed by atoms with Gasteiger partial charge in [0.25, 0.3) is 5.91 Å². The van der Waals surface area contributed by atoms with Crippen molar-refractivity contribution in [2.45, 2.75) is 46.1 Å². The molecule has 1 heterocycles. The maximum atomic E-state index is 12.8. The number of likely N-dealkylation sites (tertiary alicyclic amines) is 1. The Bertz CT molecular complexity index is 496. The lowest BCUT2D eigenvalue weighted by Crippen LogP contribution is -2.46. The molecule has 1 aromatic carbocycles. The third kappa shape index (κ3) is 4.96. The first-order chi connectivity index (χ1) is 11.2. The van der Waals surface area contributed by atoms with Gasteiger partial charge in [-0.05, 0) is 56.8 Å². The number of aryl methyl sites for hydroxylation is 1. The van der Waals surface area contributed by atoms with Crippen molar-refractivity contribution in [3.8, 4) is 5.75 Å². The zero-order valence-electron chi connectivity index (χ0n) is 14.7. The highest BCUT2D eigenvalue weighted by Gasteiger charge is 2.28. The van der Waals surface area contributed by atoms with Crippen LogP contribution in [-0.2, 0) is 4.79 Å². The van der Waals surface area contributed by atoms with Crippen LogP contribution in [0.2, 0.25) is 0 Å². The SMILES string of the molecule is CCNCC1CCN(C(=O)C(CC)Oc2ccccc2C)CC1. The molecule has 1 aromatic rings. The predicted octanol–water partition coefficient (Wildman–Crippen LogP) is 3.00. The molecular formula is C19H30N2O2. The number of benzene rings is 1. The number of rotatable bonds is 7. The molecule has 0 spiro atoms. The second-order valence-corrected chi connectivity index (χ2v) is 6.36. The van der Waals surface area contributed by atoms with Gasteiger partial charge in [-0.3, -0.25) is 4.79 Å². The van der Waals surface area contributed by atoms with Gasteiger partial charge in [0.2, 0.25) is 0 Å². The van der Waals surface area contributed by atoms with Crippen LogP contribution in [0.15, 0.2) is 24.3 Å². The second-order valence-electron chi connectivity index (χ2n) is 6.36. The number of hydrogen-bond donors (Lipinski definition) is 1. The van der Waals surface area contributed by atoms with E-state index < -0.39 is 0 Å². The molecule has 1 amide bonds. The van der Waals surface area contributed by atoms with Gasteiger partial charge < -0.3 is 15.0 Å². The number of carbonyl (C=O) groups is 1. The normalized spacial score (nSPS) is 17.1. The minimum Gasteiger partial charge on any atom is -0.480 e. The standard InChI is InChI=1S/C19H30N2O2/c1-4-17(23-18-9-7-6-8-15(18)3)19(22)21-12-10-16(11-13-21)14-20-5-2/h6-9,16-17,20H,4-5,10-14H2,1-3H3. The van der Waals surface area contributed by atoms with Crippen molar-refractivity contribution in [3.05, 3.63) is 29.8 Å². The molecule has 1 unspecified atom stereocenters.